The summed E-state index contributed by atoms with van der Waals surface area (Å²) in [5.74, 6) is 0.252. The summed E-state index contributed by atoms with van der Waals surface area (Å²) in [7, 11) is 0. The zero-order valence-electron chi connectivity index (χ0n) is 7.27. The van der Waals surface area contributed by atoms with Crippen molar-refractivity contribution >= 4 is 0 Å². The average molecular weight is 179 g/mol. The van der Waals surface area contributed by atoms with Gasteiger partial charge in [-0.1, -0.05) is 0 Å². The van der Waals surface area contributed by atoms with Crippen molar-refractivity contribution in [3.05, 3.63) is 30.1 Å². The highest BCUT2D eigenvalue weighted by molar-refractivity contribution is 5.17. The third-order valence-corrected chi connectivity index (χ3v) is 2.39. The fourth-order valence-corrected chi connectivity index (χ4v) is 1.63. The molecule has 4 nitrogen and oxygen atoms in total. The van der Waals surface area contributed by atoms with Gasteiger partial charge in [0.25, 0.3) is 0 Å². The Morgan fingerprint density at radius 1 is 1.46 bits per heavy atom. The van der Waals surface area contributed by atoms with Crippen molar-refractivity contribution in [2.45, 2.75) is 6.04 Å². The summed E-state index contributed by atoms with van der Waals surface area (Å²) < 4.78 is 0. The third kappa shape index (κ3) is 1.70. The summed E-state index contributed by atoms with van der Waals surface area (Å²) in [4.78, 5) is 3.96. The molecule has 70 valence electrons. The Morgan fingerprint density at radius 2 is 2.23 bits per heavy atom. The van der Waals surface area contributed by atoms with Crippen LogP contribution in [0, 0.1) is 5.92 Å². The number of aliphatic hydroxyl groups excluding tert-OH is 1. The molecule has 0 spiro atoms. The smallest absolute Gasteiger partial charge is 0.0526 e. The quantitative estimate of drug-likeness (QED) is 0.590. The van der Waals surface area contributed by atoms with Crippen molar-refractivity contribution in [2.75, 3.05) is 13.2 Å². The summed E-state index contributed by atoms with van der Waals surface area (Å²) in [6.07, 6.45) is 3.54. The number of hydrogen-bond donors (Lipinski definition) is 3. The summed E-state index contributed by atoms with van der Waals surface area (Å²) in [5.41, 5.74) is 7.34. The van der Waals surface area contributed by atoms with Crippen LogP contribution >= 0.6 is 0 Å². The van der Waals surface area contributed by atoms with Crippen molar-refractivity contribution in [3.8, 4) is 0 Å². The highest BCUT2D eigenvalue weighted by atomic mass is 16.3. The van der Waals surface area contributed by atoms with E-state index in [1.165, 1.54) is 5.56 Å². The molecule has 0 radical (unpaired) electrons. The van der Waals surface area contributed by atoms with Crippen LogP contribution in [0.5, 0.6) is 0 Å². The van der Waals surface area contributed by atoms with E-state index in [1.54, 1.807) is 12.4 Å². The number of hydrogen-bond acceptors (Lipinski definition) is 4. The van der Waals surface area contributed by atoms with Gasteiger partial charge in [0.2, 0.25) is 0 Å². The lowest BCUT2D eigenvalue weighted by Crippen LogP contribution is -2.25. The maximum Gasteiger partial charge on any atom is 0.0526 e. The molecule has 1 fully saturated rings. The predicted octanol–water partition coefficient (Wildman–Crippen LogP) is -0.161. The summed E-state index contributed by atoms with van der Waals surface area (Å²) in [6.45, 7) is 1.01. The molecule has 0 bridgehead atoms. The van der Waals surface area contributed by atoms with Crippen LogP contribution in [0.25, 0.3) is 0 Å². The Bertz CT molecular complexity index is 265. The lowest BCUT2D eigenvalue weighted by Gasteiger charge is -2.15. The standard InChI is InChI=1S/C9H13N3O/c13-6-8-5-11-12-9(8)7-1-3-10-4-2-7/h1-4,8-9,11-13H,5-6H2. The Morgan fingerprint density at radius 3 is 2.92 bits per heavy atom. The number of nitrogens with one attached hydrogen (secondary N) is 2. The average Bonchev–Trinajstić information content (AvgIpc) is 2.67. The van der Waals surface area contributed by atoms with Crippen molar-refractivity contribution in [2.24, 2.45) is 5.92 Å². The second-order valence-corrected chi connectivity index (χ2v) is 3.23. The van der Waals surface area contributed by atoms with Gasteiger partial charge in [0.15, 0.2) is 0 Å². The maximum absolute atomic E-state index is 9.10. The highest BCUT2D eigenvalue weighted by Gasteiger charge is 2.26. The Hall–Kier alpha value is -0.970. The molecule has 2 atom stereocenters. The van der Waals surface area contributed by atoms with Crippen LogP contribution in [0.2, 0.25) is 0 Å². The minimum atomic E-state index is 0.201. The molecule has 1 aromatic rings. The topological polar surface area (TPSA) is 57.2 Å². The van der Waals surface area contributed by atoms with Crippen molar-refractivity contribution < 1.29 is 5.11 Å². The van der Waals surface area contributed by atoms with E-state index in [9.17, 15) is 0 Å². The van der Waals surface area contributed by atoms with Gasteiger partial charge >= 0.3 is 0 Å². The lowest BCUT2D eigenvalue weighted by atomic mass is 9.97. The number of nitrogens with zero attached hydrogens (tertiary/aromatic N) is 1. The van der Waals surface area contributed by atoms with E-state index in [4.69, 9.17) is 5.11 Å². The maximum atomic E-state index is 9.10. The molecule has 1 aliphatic rings. The third-order valence-electron chi connectivity index (χ3n) is 2.39. The van der Waals surface area contributed by atoms with Gasteiger partial charge in [0.05, 0.1) is 6.04 Å². The van der Waals surface area contributed by atoms with E-state index in [0.29, 0.717) is 0 Å². The fraction of sp³-hybridized carbons (Fsp3) is 0.444. The number of hydrazine groups is 1. The fourth-order valence-electron chi connectivity index (χ4n) is 1.63. The Kier molecular flexibility index (Phi) is 2.54. The van der Waals surface area contributed by atoms with E-state index in [-0.39, 0.29) is 18.6 Å². The molecule has 0 amide bonds. The number of aliphatic hydroxyl groups is 1. The van der Waals surface area contributed by atoms with Crippen LogP contribution in [-0.2, 0) is 0 Å². The second kappa shape index (κ2) is 3.83. The van der Waals surface area contributed by atoms with Crippen LogP contribution < -0.4 is 10.9 Å². The molecule has 13 heavy (non-hydrogen) atoms. The van der Waals surface area contributed by atoms with Gasteiger partial charge in [-0.2, -0.15) is 0 Å². The minimum Gasteiger partial charge on any atom is -0.396 e. The largest absolute Gasteiger partial charge is 0.396 e. The van der Waals surface area contributed by atoms with Crippen molar-refractivity contribution in [3.63, 3.8) is 0 Å². The highest BCUT2D eigenvalue weighted by Crippen LogP contribution is 2.23. The molecule has 1 saturated heterocycles. The van der Waals surface area contributed by atoms with Gasteiger partial charge in [-0.15, -0.1) is 0 Å². The first-order chi connectivity index (χ1) is 6.42. The molecule has 0 aliphatic carbocycles. The molecule has 2 rings (SSSR count). The number of aromatic nitrogens is 1. The van der Waals surface area contributed by atoms with Crippen molar-refractivity contribution in [1.29, 1.82) is 0 Å². The predicted molar refractivity (Wildman–Crippen MR) is 48.7 cm³/mol. The molecule has 4 heteroatoms. The van der Waals surface area contributed by atoms with E-state index in [0.717, 1.165) is 6.54 Å². The molecule has 1 aromatic heterocycles. The molecular weight excluding hydrogens is 166 g/mol. The van der Waals surface area contributed by atoms with Gasteiger partial charge in [-0.25, -0.2) is 5.43 Å². The van der Waals surface area contributed by atoms with Crippen LogP contribution in [0.4, 0.5) is 0 Å². The van der Waals surface area contributed by atoms with Crippen molar-refractivity contribution in [1.82, 2.24) is 15.8 Å². The van der Waals surface area contributed by atoms with Gasteiger partial charge < -0.3 is 5.11 Å². The zero-order valence-corrected chi connectivity index (χ0v) is 7.27. The van der Waals surface area contributed by atoms with Gasteiger partial charge in [-0.3, -0.25) is 10.4 Å². The first kappa shape index (κ1) is 8.62. The minimum absolute atomic E-state index is 0.201. The van der Waals surface area contributed by atoms with E-state index >= 15 is 0 Å². The summed E-state index contributed by atoms with van der Waals surface area (Å²) >= 11 is 0. The molecule has 3 N–H and O–H groups in total. The molecular formula is C9H13N3O. The van der Waals surface area contributed by atoms with E-state index < -0.39 is 0 Å². The monoisotopic (exact) mass is 179 g/mol. The van der Waals surface area contributed by atoms with Gasteiger partial charge in [-0.05, 0) is 17.7 Å². The molecule has 0 saturated carbocycles. The van der Waals surface area contributed by atoms with Gasteiger partial charge in [0.1, 0.15) is 0 Å². The summed E-state index contributed by atoms with van der Waals surface area (Å²) in [5, 5.41) is 9.10. The van der Waals surface area contributed by atoms with Crippen LogP contribution in [0.1, 0.15) is 11.6 Å². The van der Waals surface area contributed by atoms with E-state index in [2.05, 4.69) is 15.8 Å². The van der Waals surface area contributed by atoms with Crippen LogP contribution in [0.3, 0.4) is 0 Å². The first-order valence-electron chi connectivity index (χ1n) is 4.41. The zero-order chi connectivity index (χ0) is 9.10. The molecule has 2 unspecified atom stereocenters. The number of rotatable bonds is 2. The second-order valence-electron chi connectivity index (χ2n) is 3.23. The van der Waals surface area contributed by atoms with Crippen LogP contribution in [-0.4, -0.2) is 23.2 Å². The molecule has 1 aliphatic heterocycles. The molecule has 0 aromatic carbocycles. The normalized spacial score (nSPS) is 27.8. The SMILES string of the molecule is OCC1CNNC1c1ccncc1. The molecule has 2 heterocycles. The Labute approximate surface area is 77.0 Å². The Balaban J connectivity index is 2.16. The van der Waals surface area contributed by atoms with Gasteiger partial charge in [0, 0.05) is 31.5 Å². The number of pyridine rings is 1. The van der Waals surface area contributed by atoms with E-state index in [1.807, 2.05) is 12.1 Å². The van der Waals surface area contributed by atoms with Crippen LogP contribution in [0.15, 0.2) is 24.5 Å². The summed E-state index contributed by atoms with van der Waals surface area (Å²) in [6, 6.07) is 4.13. The first-order valence-corrected chi connectivity index (χ1v) is 4.41. The lowest BCUT2D eigenvalue weighted by molar-refractivity contribution is 0.222.